The standard InChI is InChI=1S/C18H27N3O2/c19-15-12-17(18(22)23)21(13-15)16-7-10-20(11-8-16)9-6-14-4-2-1-3-5-14/h1-5,15-17H,6-13,19H2,(H,22,23)/t15-,17-/m0/s1. The molecule has 0 aromatic heterocycles. The lowest BCUT2D eigenvalue weighted by atomic mass is 10.0. The van der Waals surface area contributed by atoms with Crippen molar-refractivity contribution in [1.82, 2.24) is 9.80 Å². The van der Waals surface area contributed by atoms with Gasteiger partial charge in [-0.2, -0.15) is 0 Å². The number of hydrogen-bond donors (Lipinski definition) is 2. The molecule has 0 bridgehead atoms. The zero-order valence-corrected chi connectivity index (χ0v) is 13.6. The zero-order chi connectivity index (χ0) is 16.2. The van der Waals surface area contributed by atoms with E-state index in [2.05, 4.69) is 40.1 Å². The van der Waals surface area contributed by atoms with Crippen LogP contribution in [0, 0.1) is 0 Å². The molecule has 2 fully saturated rings. The molecule has 0 radical (unpaired) electrons. The first-order valence-corrected chi connectivity index (χ1v) is 8.64. The fourth-order valence-electron chi connectivity index (χ4n) is 3.95. The molecule has 2 aliphatic heterocycles. The molecular weight excluding hydrogens is 290 g/mol. The first kappa shape index (κ1) is 16.4. The number of rotatable bonds is 5. The van der Waals surface area contributed by atoms with Gasteiger partial charge in [0.05, 0.1) is 0 Å². The summed E-state index contributed by atoms with van der Waals surface area (Å²) in [6, 6.07) is 10.6. The van der Waals surface area contributed by atoms with Crippen LogP contribution >= 0.6 is 0 Å². The lowest BCUT2D eigenvalue weighted by molar-refractivity contribution is -0.143. The highest BCUT2D eigenvalue weighted by molar-refractivity contribution is 5.74. The number of nitrogens with zero attached hydrogens (tertiary/aromatic N) is 2. The summed E-state index contributed by atoms with van der Waals surface area (Å²) in [7, 11) is 0. The van der Waals surface area contributed by atoms with Crippen LogP contribution in [-0.4, -0.2) is 65.2 Å². The predicted molar refractivity (Wildman–Crippen MR) is 90.3 cm³/mol. The van der Waals surface area contributed by atoms with Gasteiger partial charge >= 0.3 is 5.97 Å². The van der Waals surface area contributed by atoms with Crippen molar-refractivity contribution in [2.75, 3.05) is 26.2 Å². The van der Waals surface area contributed by atoms with Crippen LogP contribution in [0.25, 0.3) is 0 Å². The molecule has 0 spiro atoms. The molecule has 2 saturated heterocycles. The lowest BCUT2D eigenvalue weighted by Gasteiger charge is -2.38. The van der Waals surface area contributed by atoms with Crippen LogP contribution in [0.4, 0.5) is 0 Å². The number of carboxylic acid groups (broad SMARTS) is 1. The predicted octanol–water partition coefficient (Wildman–Crippen LogP) is 1.18. The number of nitrogens with two attached hydrogens (primary N) is 1. The smallest absolute Gasteiger partial charge is 0.320 e. The third kappa shape index (κ3) is 4.10. The lowest BCUT2D eigenvalue weighted by Crippen LogP contribution is -2.49. The highest BCUT2D eigenvalue weighted by Gasteiger charge is 2.39. The van der Waals surface area contributed by atoms with Crippen molar-refractivity contribution in [2.45, 2.75) is 43.8 Å². The molecule has 1 aromatic carbocycles. The number of carbonyl (C=O) groups is 1. The molecule has 2 aliphatic rings. The molecule has 0 unspecified atom stereocenters. The Morgan fingerprint density at radius 2 is 1.91 bits per heavy atom. The Morgan fingerprint density at radius 3 is 2.57 bits per heavy atom. The van der Waals surface area contributed by atoms with Gasteiger partial charge in [0.2, 0.25) is 0 Å². The first-order chi connectivity index (χ1) is 11.1. The molecule has 1 aromatic rings. The molecular formula is C18H27N3O2. The molecule has 0 amide bonds. The summed E-state index contributed by atoms with van der Waals surface area (Å²) in [5, 5.41) is 9.39. The fraction of sp³-hybridized carbons (Fsp3) is 0.611. The summed E-state index contributed by atoms with van der Waals surface area (Å²) in [5.41, 5.74) is 7.36. The Bertz CT molecular complexity index is 514. The molecule has 0 aliphatic carbocycles. The van der Waals surface area contributed by atoms with Crippen LogP contribution in [0.3, 0.4) is 0 Å². The molecule has 5 nitrogen and oxygen atoms in total. The summed E-state index contributed by atoms with van der Waals surface area (Å²) in [6.07, 6.45) is 3.76. The Morgan fingerprint density at radius 1 is 1.22 bits per heavy atom. The second-order valence-corrected chi connectivity index (χ2v) is 6.86. The van der Waals surface area contributed by atoms with E-state index in [9.17, 15) is 9.90 Å². The SMILES string of the molecule is N[C@H]1C[C@@H](C(=O)O)N(C2CCN(CCc3ccccc3)CC2)C1. The second-order valence-electron chi connectivity index (χ2n) is 6.86. The number of likely N-dealkylation sites (tertiary alicyclic amines) is 2. The molecule has 3 N–H and O–H groups in total. The molecule has 2 heterocycles. The van der Waals surface area contributed by atoms with E-state index < -0.39 is 5.97 Å². The molecule has 2 atom stereocenters. The van der Waals surface area contributed by atoms with E-state index in [1.165, 1.54) is 5.56 Å². The van der Waals surface area contributed by atoms with Crippen molar-refractivity contribution in [1.29, 1.82) is 0 Å². The minimum atomic E-state index is -0.718. The van der Waals surface area contributed by atoms with E-state index in [4.69, 9.17) is 5.73 Å². The first-order valence-electron chi connectivity index (χ1n) is 8.64. The summed E-state index contributed by atoms with van der Waals surface area (Å²) in [5.74, 6) is -0.718. The van der Waals surface area contributed by atoms with Gasteiger partial charge in [0.25, 0.3) is 0 Å². The number of hydrogen-bond acceptors (Lipinski definition) is 4. The van der Waals surface area contributed by atoms with Crippen molar-refractivity contribution in [3.8, 4) is 0 Å². The second kappa shape index (κ2) is 7.43. The number of benzene rings is 1. The average Bonchev–Trinajstić information content (AvgIpc) is 2.97. The van der Waals surface area contributed by atoms with Gasteiger partial charge in [0.15, 0.2) is 0 Å². The maximum Gasteiger partial charge on any atom is 0.320 e. The van der Waals surface area contributed by atoms with Gasteiger partial charge in [-0.25, -0.2) is 0 Å². The fourth-order valence-corrected chi connectivity index (χ4v) is 3.95. The molecule has 23 heavy (non-hydrogen) atoms. The van der Waals surface area contributed by atoms with E-state index in [0.717, 1.165) is 45.4 Å². The van der Waals surface area contributed by atoms with Crippen LogP contribution in [0.2, 0.25) is 0 Å². The van der Waals surface area contributed by atoms with Gasteiger partial charge in [-0.1, -0.05) is 30.3 Å². The number of piperidine rings is 1. The summed E-state index contributed by atoms with van der Waals surface area (Å²) >= 11 is 0. The van der Waals surface area contributed by atoms with Gasteiger partial charge in [-0.15, -0.1) is 0 Å². The van der Waals surface area contributed by atoms with Gasteiger partial charge < -0.3 is 15.7 Å². The summed E-state index contributed by atoms with van der Waals surface area (Å²) in [6.45, 7) is 3.91. The average molecular weight is 317 g/mol. The van der Waals surface area contributed by atoms with Crippen LogP contribution < -0.4 is 5.73 Å². The number of carboxylic acids is 1. The van der Waals surface area contributed by atoms with Crippen LogP contribution in [0.5, 0.6) is 0 Å². The van der Waals surface area contributed by atoms with Crippen LogP contribution in [0.1, 0.15) is 24.8 Å². The van der Waals surface area contributed by atoms with E-state index in [-0.39, 0.29) is 12.1 Å². The Labute approximate surface area is 138 Å². The minimum absolute atomic E-state index is 0.00668. The van der Waals surface area contributed by atoms with Gasteiger partial charge in [0.1, 0.15) is 6.04 Å². The van der Waals surface area contributed by atoms with Crippen molar-refractivity contribution in [2.24, 2.45) is 5.73 Å². The zero-order valence-electron chi connectivity index (χ0n) is 13.6. The van der Waals surface area contributed by atoms with Crippen molar-refractivity contribution < 1.29 is 9.90 Å². The number of aliphatic carboxylic acids is 1. The van der Waals surface area contributed by atoms with Crippen LogP contribution in [-0.2, 0) is 11.2 Å². The largest absolute Gasteiger partial charge is 0.480 e. The minimum Gasteiger partial charge on any atom is -0.480 e. The Kier molecular flexibility index (Phi) is 5.30. The van der Waals surface area contributed by atoms with Crippen LogP contribution in [0.15, 0.2) is 30.3 Å². The van der Waals surface area contributed by atoms with Crippen molar-refractivity contribution >= 4 is 5.97 Å². The normalized spacial score (nSPS) is 27.3. The summed E-state index contributed by atoms with van der Waals surface area (Å²) < 4.78 is 0. The topological polar surface area (TPSA) is 69.8 Å². The molecule has 3 rings (SSSR count). The van der Waals surface area contributed by atoms with Gasteiger partial charge in [0, 0.05) is 25.2 Å². The Hall–Kier alpha value is -1.43. The quantitative estimate of drug-likeness (QED) is 0.853. The summed E-state index contributed by atoms with van der Waals surface area (Å²) in [4.78, 5) is 16.1. The maximum absolute atomic E-state index is 11.4. The Balaban J connectivity index is 1.47. The molecule has 126 valence electrons. The monoisotopic (exact) mass is 317 g/mol. The van der Waals surface area contributed by atoms with E-state index in [1.54, 1.807) is 0 Å². The highest BCUT2D eigenvalue weighted by Crippen LogP contribution is 2.26. The highest BCUT2D eigenvalue weighted by atomic mass is 16.4. The molecule has 5 heteroatoms. The third-order valence-corrected chi connectivity index (χ3v) is 5.24. The van der Waals surface area contributed by atoms with Crippen molar-refractivity contribution in [3.63, 3.8) is 0 Å². The van der Waals surface area contributed by atoms with E-state index >= 15 is 0 Å². The van der Waals surface area contributed by atoms with Gasteiger partial charge in [-0.3, -0.25) is 9.69 Å². The van der Waals surface area contributed by atoms with E-state index in [1.807, 2.05) is 0 Å². The third-order valence-electron chi connectivity index (χ3n) is 5.24. The van der Waals surface area contributed by atoms with Gasteiger partial charge in [-0.05, 0) is 44.3 Å². The van der Waals surface area contributed by atoms with E-state index in [0.29, 0.717) is 12.5 Å². The van der Waals surface area contributed by atoms with Crippen molar-refractivity contribution in [3.05, 3.63) is 35.9 Å². The molecule has 0 saturated carbocycles. The maximum atomic E-state index is 11.4.